The van der Waals surface area contributed by atoms with Gasteiger partial charge in [-0.1, -0.05) is 6.07 Å². The molecule has 0 unspecified atom stereocenters. The molecule has 1 heterocycles. The zero-order valence-corrected chi connectivity index (χ0v) is 9.78. The SMILES string of the molecule is Nc1ccc(C2(C(=O)O)CCOCC2)c(F)c1N. The fourth-order valence-electron chi connectivity index (χ4n) is 2.30. The van der Waals surface area contributed by atoms with Gasteiger partial charge in [-0.05, 0) is 18.9 Å². The number of carboxylic acid groups (broad SMARTS) is 1. The van der Waals surface area contributed by atoms with Gasteiger partial charge in [-0.15, -0.1) is 0 Å². The summed E-state index contributed by atoms with van der Waals surface area (Å²) in [6.07, 6.45) is 0.450. The zero-order chi connectivity index (χ0) is 13.3. The van der Waals surface area contributed by atoms with Crippen LogP contribution in [0.1, 0.15) is 18.4 Å². The first-order valence-electron chi connectivity index (χ1n) is 5.64. The van der Waals surface area contributed by atoms with Crippen molar-refractivity contribution in [2.45, 2.75) is 18.3 Å². The second-order valence-electron chi connectivity index (χ2n) is 4.43. The van der Waals surface area contributed by atoms with Gasteiger partial charge < -0.3 is 21.3 Å². The van der Waals surface area contributed by atoms with E-state index in [1.807, 2.05) is 0 Å². The Kier molecular flexibility index (Phi) is 3.13. The minimum absolute atomic E-state index is 0.0880. The molecule has 0 aromatic heterocycles. The van der Waals surface area contributed by atoms with Crippen molar-refractivity contribution in [3.63, 3.8) is 0 Å². The average Bonchev–Trinajstić information content (AvgIpc) is 2.37. The molecule has 0 atom stereocenters. The fraction of sp³-hybridized carbons (Fsp3) is 0.417. The number of halogens is 1. The highest BCUT2D eigenvalue weighted by Gasteiger charge is 2.44. The molecule has 1 aliphatic heterocycles. The minimum atomic E-state index is -1.27. The molecule has 1 saturated heterocycles. The molecule has 6 heteroatoms. The van der Waals surface area contributed by atoms with Crippen LogP contribution in [0, 0.1) is 5.82 Å². The molecule has 0 saturated carbocycles. The van der Waals surface area contributed by atoms with Crippen molar-refractivity contribution in [1.82, 2.24) is 0 Å². The summed E-state index contributed by atoms with van der Waals surface area (Å²) < 4.78 is 19.3. The van der Waals surface area contributed by atoms with Crippen LogP contribution in [0.3, 0.4) is 0 Å². The van der Waals surface area contributed by atoms with Crippen LogP contribution < -0.4 is 11.5 Å². The van der Waals surface area contributed by atoms with Crippen LogP contribution in [0.25, 0.3) is 0 Å². The van der Waals surface area contributed by atoms with Crippen molar-refractivity contribution >= 4 is 17.3 Å². The highest BCUT2D eigenvalue weighted by Crippen LogP contribution is 2.39. The van der Waals surface area contributed by atoms with Crippen LogP contribution in [0.5, 0.6) is 0 Å². The van der Waals surface area contributed by atoms with Crippen LogP contribution in [0.2, 0.25) is 0 Å². The summed E-state index contributed by atoms with van der Waals surface area (Å²) in [4.78, 5) is 11.5. The van der Waals surface area contributed by atoms with E-state index in [0.717, 1.165) is 0 Å². The molecule has 2 rings (SSSR count). The van der Waals surface area contributed by atoms with E-state index in [1.165, 1.54) is 12.1 Å². The molecule has 1 aromatic carbocycles. The van der Waals surface area contributed by atoms with E-state index in [-0.39, 0.29) is 43.0 Å². The predicted molar refractivity (Wildman–Crippen MR) is 64.6 cm³/mol. The van der Waals surface area contributed by atoms with Gasteiger partial charge in [0, 0.05) is 18.8 Å². The van der Waals surface area contributed by atoms with Crippen LogP contribution in [0.15, 0.2) is 12.1 Å². The molecule has 1 aromatic rings. The Balaban J connectivity index is 2.56. The number of rotatable bonds is 2. The quantitative estimate of drug-likeness (QED) is 0.687. The van der Waals surface area contributed by atoms with Gasteiger partial charge in [0.05, 0.1) is 16.8 Å². The van der Waals surface area contributed by atoms with Crippen molar-refractivity contribution in [2.75, 3.05) is 24.7 Å². The Bertz CT molecular complexity index is 484. The van der Waals surface area contributed by atoms with Gasteiger partial charge in [-0.25, -0.2) is 4.39 Å². The molecule has 1 aliphatic rings. The lowest BCUT2D eigenvalue weighted by atomic mass is 9.73. The van der Waals surface area contributed by atoms with E-state index in [0.29, 0.717) is 0 Å². The summed E-state index contributed by atoms with van der Waals surface area (Å²) in [5, 5.41) is 9.43. The number of nitrogens with two attached hydrogens (primary N) is 2. The van der Waals surface area contributed by atoms with Crippen molar-refractivity contribution in [3.05, 3.63) is 23.5 Å². The number of nitrogen functional groups attached to an aromatic ring is 2. The molecule has 5 nitrogen and oxygen atoms in total. The summed E-state index contributed by atoms with van der Waals surface area (Å²) in [6.45, 7) is 0.575. The summed E-state index contributed by atoms with van der Waals surface area (Å²) in [5.41, 5.74) is 9.76. The van der Waals surface area contributed by atoms with Gasteiger partial charge >= 0.3 is 5.97 Å². The van der Waals surface area contributed by atoms with E-state index >= 15 is 0 Å². The zero-order valence-electron chi connectivity index (χ0n) is 9.78. The third kappa shape index (κ3) is 1.78. The van der Waals surface area contributed by atoms with Crippen LogP contribution in [0.4, 0.5) is 15.8 Å². The maximum atomic E-state index is 14.1. The predicted octanol–water partition coefficient (Wildman–Crippen LogP) is 1.12. The normalized spacial score (nSPS) is 18.5. The number of aliphatic carboxylic acids is 1. The first-order valence-corrected chi connectivity index (χ1v) is 5.64. The molecule has 0 spiro atoms. The number of carboxylic acids is 1. The van der Waals surface area contributed by atoms with Gasteiger partial charge in [-0.2, -0.15) is 0 Å². The van der Waals surface area contributed by atoms with Crippen molar-refractivity contribution < 1.29 is 19.0 Å². The number of ether oxygens (including phenoxy) is 1. The second-order valence-corrected chi connectivity index (χ2v) is 4.43. The first kappa shape index (κ1) is 12.6. The van der Waals surface area contributed by atoms with Gasteiger partial charge in [0.15, 0.2) is 5.82 Å². The number of benzene rings is 1. The Hall–Kier alpha value is -1.82. The summed E-state index contributed by atoms with van der Waals surface area (Å²) in [7, 11) is 0. The Morgan fingerprint density at radius 2 is 1.94 bits per heavy atom. The molecular weight excluding hydrogens is 239 g/mol. The van der Waals surface area contributed by atoms with Crippen LogP contribution in [-0.2, 0) is 14.9 Å². The lowest BCUT2D eigenvalue weighted by molar-refractivity contribution is -0.148. The largest absolute Gasteiger partial charge is 0.481 e. The third-order valence-corrected chi connectivity index (χ3v) is 3.48. The molecule has 5 N–H and O–H groups in total. The highest BCUT2D eigenvalue weighted by atomic mass is 19.1. The molecule has 0 aliphatic carbocycles. The van der Waals surface area contributed by atoms with Crippen molar-refractivity contribution in [1.29, 1.82) is 0 Å². The van der Waals surface area contributed by atoms with E-state index in [1.54, 1.807) is 0 Å². The number of hydrogen-bond donors (Lipinski definition) is 3. The van der Waals surface area contributed by atoms with Crippen LogP contribution >= 0.6 is 0 Å². The van der Waals surface area contributed by atoms with Crippen molar-refractivity contribution in [3.8, 4) is 0 Å². The Morgan fingerprint density at radius 3 is 2.50 bits per heavy atom. The van der Waals surface area contributed by atoms with E-state index in [2.05, 4.69) is 0 Å². The molecule has 0 bridgehead atoms. The lowest BCUT2D eigenvalue weighted by Crippen LogP contribution is -2.42. The maximum Gasteiger partial charge on any atom is 0.314 e. The Morgan fingerprint density at radius 1 is 1.33 bits per heavy atom. The molecule has 18 heavy (non-hydrogen) atoms. The summed E-state index contributed by atoms with van der Waals surface area (Å²) >= 11 is 0. The molecule has 0 amide bonds. The number of hydrogen-bond acceptors (Lipinski definition) is 4. The first-order chi connectivity index (χ1) is 8.49. The van der Waals surface area contributed by atoms with E-state index in [9.17, 15) is 14.3 Å². The highest BCUT2D eigenvalue weighted by molar-refractivity contribution is 5.83. The van der Waals surface area contributed by atoms with E-state index < -0.39 is 17.2 Å². The maximum absolute atomic E-state index is 14.1. The topological polar surface area (TPSA) is 98.6 Å². The summed E-state index contributed by atoms with van der Waals surface area (Å²) in [6, 6.07) is 2.84. The number of anilines is 2. The minimum Gasteiger partial charge on any atom is -0.481 e. The van der Waals surface area contributed by atoms with Gasteiger partial charge in [0.25, 0.3) is 0 Å². The fourth-order valence-corrected chi connectivity index (χ4v) is 2.30. The smallest absolute Gasteiger partial charge is 0.314 e. The molecule has 98 valence electrons. The van der Waals surface area contributed by atoms with Gasteiger partial charge in [0.2, 0.25) is 0 Å². The average molecular weight is 254 g/mol. The third-order valence-electron chi connectivity index (χ3n) is 3.48. The Labute approximate surface area is 104 Å². The number of carbonyl (C=O) groups is 1. The standard InChI is InChI=1S/C12H15FN2O3/c13-9-7(1-2-8(14)10(9)15)12(11(16)17)3-5-18-6-4-12/h1-2H,3-6,14-15H2,(H,16,17). The van der Waals surface area contributed by atoms with Crippen LogP contribution in [-0.4, -0.2) is 24.3 Å². The second kappa shape index (κ2) is 4.45. The van der Waals surface area contributed by atoms with Gasteiger partial charge in [0.1, 0.15) is 0 Å². The van der Waals surface area contributed by atoms with Crippen molar-refractivity contribution in [2.24, 2.45) is 0 Å². The summed E-state index contributed by atoms with van der Waals surface area (Å²) in [5.74, 6) is -1.80. The molecular formula is C12H15FN2O3. The molecule has 0 radical (unpaired) electrons. The lowest BCUT2D eigenvalue weighted by Gasteiger charge is -2.34. The molecule has 1 fully saturated rings. The van der Waals surface area contributed by atoms with E-state index in [4.69, 9.17) is 16.2 Å². The van der Waals surface area contributed by atoms with Gasteiger partial charge in [-0.3, -0.25) is 4.79 Å². The monoisotopic (exact) mass is 254 g/mol.